The van der Waals surface area contributed by atoms with Gasteiger partial charge in [0.15, 0.2) is 16.8 Å². The number of anilines is 1. The van der Waals surface area contributed by atoms with Crippen LogP contribution in [-0.4, -0.2) is 92.2 Å². The molecule has 19 heteroatoms. The number of carbonyl (C=O) groups excluding carboxylic acids is 2. The van der Waals surface area contributed by atoms with E-state index in [2.05, 4.69) is 25.4 Å². The lowest BCUT2D eigenvalue weighted by molar-refractivity contribution is -0.150. The highest BCUT2D eigenvalue weighted by molar-refractivity contribution is 8.07. The number of halogens is 1. The zero-order valence-corrected chi connectivity index (χ0v) is 24.3. The fraction of sp³-hybridized carbons (Fsp3) is 0.318. The molecule has 2 atom stereocenters. The second kappa shape index (κ2) is 13.9. The number of nitrogen functional groups attached to an aromatic ring is 1. The lowest BCUT2D eigenvalue weighted by atomic mass is 10.0. The molecule has 2 amide bonds. The van der Waals surface area contributed by atoms with Crippen LogP contribution in [0, 0.1) is 0 Å². The highest BCUT2D eigenvalue weighted by Gasteiger charge is 2.54. The molecule has 0 aliphatic carbocycles. The first-order chi connectivity index (χ1) is 19.7. The van der Waals surface area contributed by atoms with Crippen molar-refractivity contribution in [1.82, 2.24) is 20.2 Å². The van der Waals surface area contributed by atoms with E-state index in [1.807, 2.05) is 0 Å². The molecule has 0 radical (unpaired) electrons. The topological polar surface area (TPSA) is 224 Å². The van der Waals surface area contributed by atoms with E-state index >= 15 is 0 Å². The second-order valence-corrected chi connectivity index (χ2v) is 12.3. The summed E-state index contributed by atoms with van der Waals surface area (Å²) >= 11 is 5.05. The van der Waals surface area contributed by atoms with Crippen molar-refractivity contribution in [2.24, 2.45) is 21.6 Å². The fourth-order valence-electron chi connectivity index (χ4n) is 3.65. The zero-order valence-electron chi connectivity index (χ0n) is 21.1. The lowest BCUT2D eigenvalue weighted by Crippen LogP contribution is -2.71. The number of oxime groups is 1. The number of aromatic nitrogens is 2. The average molecular weight is 642 g/mol. The van der Waals surface area contributed by atoms with Crippen LogP contribution < -0.4 is 22.5 Å². The summed E-state index contributed by atoms with van der Waals surface area (Å²) in [5, 5.41) is 17.3. The Morgan fingerprint density at radius 3 is 2.83 bits per heavy atom. The van der Waals surface area contributed by atoms with Crippen molar-refractivity contribution in [3.63, 3.8) is 0 Å². The average Bonchev–Trinajstić information content (AvgIpc) is 3.37. The van der Waals surface area contributed by atoms with Gasteiger partial charge in [0.05, 0.1) is 6.54 Å². The van der Waals surface area contributed by atoms with E-state index < -0.39 is 35.9 Å². The number of fused-ring (bicyclic) bond motifs is 1. The number of alkyl halides is 1. The van der Waals surface area contributed by atoms with Crippen LogP contribution in [0.1, 0.15) is 5.69 Å². The maximum Gasteiger partial charge on any atom is 0.353 e. The summed E-state index contributed by atoms with van der Waals surface area (Å²) in [6.07, 6.45) is 3.25. The number of thiazole rings is 1. The summed E-state index contributed by atoms with van der Waals surface area (Å²) in [4.78, 5) is 58.6. The zero-order chi connectivity index (χ0) is 29.5. The fourth-order valence-corrected chi connectivity index (χ4v) is 7.71. The van der Waals surface area contributed by atoms with Crippen LogP contribution in [0.5, 0.6) is 0 Å². The Kier molecular flexibility index (Phi) is 10.3. The van der Waals surface area contributed by atoms with Crippen LogP contribution in [-0.2, 0) is 19.2 Å². The van der Waals surface area contributed by atoms with Gasteiger partial charge in [-0.15, -0.1) is 34.9 Å². The summed E-state index contributed by atoms with van der Waals surface area (Å²) in [5.74, 6) is -1.83. The maximum atomic E-state index is 13.2. The highest BCUT2D eigenvalue weighted by atomic mass is 32.2. The molecule has 1 saturated heterocycles. The minimum absolute atomic E-state index is 0.00777. The molecular formula is C22H24FN9O5S4. The molecule has 218 valence electrons. The number of nitrogens with one attached hydrogen (secondary N) is 1. The van der Waals surface area contributed by atoms with Gasteiger partial charge >= 0.3 is 5.97 Å². The lowest BCUT2D eigenvalue weighted by Gasteiger charge is -2.49. The van der Waals surface area contributed by atoms with Crippen LogP contribution in [0.4, 0.5) is 9.52 Å². The van der Waals surface area contributed by atoms with Gasteiger partial charge in [-0.1, -0.05) is 16.9 Å². The molecule has 14 nitrogen and oxygen atoms in total. The van der Waals surface area contributed by atoms with Crippen molar-refractivity contribution in [1.29, 1.82) is 0 Å². The van der Waals surface area contributed by atoms with Gasteiger partial charge < -0.3 is 32.5 Å². The van der Waals surface area contributed by atoms with Crippen LogP contribution >= 0.6 is 46.6 Å². The van der Waals surface area contributed by atoms with Crippen molar-refractivity contribution >= 4 is 81.2 Å². The van der Waals surface area contributed by atoms with E-state index in [9.17, 15) is 23.9 Å². The predicted molar refractivity (Wildman–Crippen MR) is 156 cm³/mol. The number of amides is 2. The summed E-state index contributed by atoms with van der Waals surface area (Å²) in [5.41, 5.74) is 16.0. The van der Waals surface area contributed by atoms with E-state index in [-0.39, 0.29) is 40.6 Å². The highest BCUT2D eigenvalue weighted by Crippen LogP contribution is 2.46. The van der Waals surface area contributed by atoms with Crippen LogP contribution in [0.25, 0.3) is 0 Å². The van der Waals surface area contributed by atoms with Crippen molar-refractivity contribution in [2.45, 2.75) is 21.2 Å². The second-order valence-electron chi connectivity index (χ2n) is 8.05. The minimum Gasteiger partial charge on any atom is -0.477 e. The van der Waals surface area contributed by atoms with E-state index in [4.69, 9.17) is 22.0 Å². The first-order valence-corrected chi connectivity index (χ1v) is 15.4. The Labute approximate surface area is 249 Å². The van der Waals surface area contributed by atoms with E-state index in [1.165, 1.54) is 40.7 Å². The van der Waals surface area contributed by atoms with Crippen LogP contribution in [0.15, 0.2) is 54.4 Å². The third kappa shape index (κ3) is 7.21. The number of aliphatic imine (C=N–C) groups is 1. The molecule has 2 aliphatic rings. The van der Waals surface area contributed by atoms with Gasteiger partial charge in [-0.25, -0.2) is 14.2 Å². The Hall–Kier alpha value is -3.55. The van der Waals surface area contributed by atoms with Crippen molar-refractivity contribution in [3.8, 4) is 0 Å². The standard InChI is InChI=1S/C22H24FN9O5S4/c23-2-5-37-31-14(10-8-40-22(26)29-10)17(33)30-15-18(34)32-16(20(35)36)13(9-39-19(15)32)41-11-1-3-27-7-12(11)38-6-4-28-21(24)25/h1,3,7-8,15,19H,2,4-6,9H2,(H2,26,29)(H,30,33)(H,35,36)(H4,24,25,28)/t15-,19+/m1/s1. The summed E-state index contributed by atoms with van der Waals surface area (Å²) in [6, 6.07) is 0.729. The molecule has 4 heterocycles. The Morgan fingerprint density at radius 2 is 2.15 bits per heavy atom. The molecule has 0 unspecified atom stereocenters. The molecule has 41 heavy (non-hydrogen) atoms. The number of pyridine rings is 1. The third-order valence-electron chi connectivity index (χ3n) is 5.35. The largest absolute Gasteiger partial charge is 0.477 e. The molecule has 2 aromatic heterocycles. The monoisotopic (exact) mass is 641 g/mol. The molecule has 4 rings (SSSR count). The first kappa shape index (κ1) is 30.4. The van der Waals surface area contributed by atoms with Gasteiger partial charge in [0.1, 0.15) is 36.1 Å². The van der Waals surface area contributed by atoms with Gasteiger partial charge in [-0.2, -0.15) is 0 Å². The normalized spacial score (nSPS) is 18.4. The van der Waals surface area contributed by atoms with E-state index in [0.717, 1.165) is 26.0 Å². The quantitative estimate of drug-likeness (QED) is 0.0507. The van der Waals surface area contributed by atoms with Gasteiger partial charge in [-0.05, 0) is 6.07 Å². The number of thioether (sulfide) groups is 3. The third-order valence-corrected chi connectivity index (χ3v) is 9.80. The number of carboxylic acids is 1. The molecule has 0 aromatic carbocycles. The minimum atomic E-state index is -1.27. The molecule has 0 bridgehead atoms. The predicted octanol–water partition coefficient (Wildman–Crippen LogP) is 0.664. The van der Waals surface area contributed by atoms with Crippen molar-refractivity contribution < 1.29 is 28.7 Å². The number of aliphatic carboxylic acids is 1. The van der Waals surface area contributed by atoms with Crippen LogP contribution in [0.3, 0.4) is 0 Å². The Balaban J connectivity index is 1.50. The van der Waals surface area contributed by atoms with Crippen molar-refractivity contribution in [2.75, 3.05) is 37.1 Å². The number of hydrogen-bond acceptors (Lipinski definition) is 13. The van der Waals surface area contributed by atoms with E-state index in [0.29, 0.717) is 17.2 Å². The SMILES string of the molecule is NC(N)=NCCSc1cnccc1SC1=C(C(=O)O)N2C(=O)[C@@H](NC(=O)C(=NOCCF)c3csc(N)n3)[C@@H]2SC1. The number of carboxylic acid groups (broad SMARTS) is 1. The molecular weight excluding hydrogens is 618 g/mol. The van der Waals surface area contributed by atoms with Gasteiger partial charge in [0, 0.05) is 44.0 Å². The molecule has 8 N–H and O–H groups in total. The van der Waals surface area contributed by atoms with Gasteiger partial charge in [-0.3, -0.25) is 24.5 Å². The summed E-state index contributed by atoms with van der Waals surface area (Å²) in [7, 11) is 0. The number of hydrogen-bond donors (Lipinski definition) is 5. The number of nitrogens with zero attached hydrogens (tertiary/aromatic N) is 5. The molecule has 1 fully saturated rings. The maximum absolute atomic E-state index is 13.2. The van der Waals surface area contributed by atoms with Crippen molar-refractivity contribution in [3.05, 3.63) is 40.1 Å². The Bertz CT molecular complexity index is 1420. The molecule has 2 aliphatic heterocycles. The Morgan fingerprint density at radius 1 is 1.34 bits per heavy atom. The number of carbonyl (C=O) groups is 3. The number of nitrogens with two attached hydrogens (primary N) is 3. The van der Waals surface area contributed by atoms with Gasteiger partial charge in [0.2, 0.25) is 0 Å². The molecule has 2 aromatic rings. The summed E-state index contributed by atoms with van der Waals surface area (Å²) in [6.45, 7) is -0.812. The smallest absolute Gasteiger partial charge is 0.353 e. The summed E-state index contributed by atoms with van der Waals surface area (Å²) < 4.78 is 12.5. The van der Waals surface area contributed by atoms with Crippen LogP contribution in [0.2, 0.25) is 0 Å². The molecule has 0 spiro atoms. The number of β-lactam (4-membered cyclic amide) rings is 1. The molecule has 0 saturated carbocycles. The number of rotatable bonds is 13. The van der Waals surface area contributed by atoms with E-state index in [1.54, 1.807) is 18.5 Å². The number of guanidine groups is 1. The van der Waals surface area contributed by atoms with Gasteiger partial charge in [0.25, 0.3) is 11.8 Å². The first-order valence-electron chi connectivity index (χ1n) is 11.7.